The van der Waals surface area contributed by atoms with Crippen LogP contribution in [0.4, 0.5) is 0 Å². The van der Waals surface area contributed by atoms with Crippen LogP contribution in [-0.4, -0.2) is 46.5 Å². The summed E-state index contributed by atoms with van der Waals surface area (Å²) in [6, 6.07) is 3.63. The highest BCUT2D eigenvalue weighted by Gasteiger charge is 2.26. The number of hydrogen-bond acceptors (Lipinski definition) is 6. The van der Waals surface area contributed by atoms with E-state index >= 15 is 0 Å². The highest BCUT2D eigenvalue weighted by molar-refractivity contribution is 8.16. The van der Waals surface area contributed by atoms with Gasteiger partial charge in [-0.25, -0.2) is 0 Å². The fourth-order valence-electron chi connectivity index (χ4n) is 3.06. The largest absolute Gasteiger partial charge is 0.377 e. The number of pyridine rings is 1. The summed E-state index contributed by atoms with van der Waals surface area (Å²) in [5.74, 6) is 0.887. The number of carbonyl (C=O) groups is 1. The van der Waals surface area contributed by atoms with Crippen LogP contribution in [0.3, 0.4) is 0 Å². The van der Waals surface area contributed by atoms with Crippen molar-refractivity contribution in [1.29, 1.82) is 0 Å². The molecule has 0 saturated carbocycles. The highest BCUT2D eigenvalue weighted by Crippen LogP contribution is 2.25. The maximum atomic E-state index is 12.5. The number of allylic oxidation sites excluding steroid dienone is 1. The fraction of sp³-hybridized carbons (Fsp3) is 0.429. The summed E-state index contributed by atoms with van der Waals surface area (Å²) in [7, 11) is 1.72. The molecule has 0 amide bonds. The first-order chi connectivity index (χ1) is 13.1. The Morgan fingerprint density at radius 2 is 2.30 bits per heavy atom. The number of thioether (sulfide) groups is 1. The van der Waals surface area contributed by atoms with Crippen molar-refractivity contribution >= 4 is 28.3 Å². The van der Waals surface area contributed by atoms with Crippen molar-refractivity contribution in [3.63, 3.8) is 0 Å². The van der Waals surface area contributed by atoms with Gasteiger partial charge in [-0.3, -0.25) is 19.8 Å². The molecule has 1 aliphatic heterocycles. The van der Waals surface area contributed by atoms with Crippen molar-refractivity contribution < 1.29 is 9.53 Å². The topological polar surface area (TPSA) is 63.9 Å². The number of hydrogen-bond donors (Lipinski definition) is 0. The Bertz CT molecular complexity index is 812. The fourth-order valence-corrected chi connectivity index (χ4v) is 4.10. The van der Waals surface area contributed by atoms with Gasteiger partial charge >= 0.3 is 0 Å². The quantitative estimate of drug-likeness (QED) is 0.672. The molecule has 0 spiro atoms. The van der Waals surface area contributed by atoms with Crippen LogP contribution in [0, 0.1) is 0 Å². The first kappa shape index (κ1) is 19.7. The second kappa shape index (κ2) is 9.24. The smallest absolute Gasteiger partial charge is 0.158 e. The van der Waals surface area contributed by atoms with Gasteiger partial charge in [-0.15, -0.1) is 11.8 Å². The minimum atomic E-state index is -0.262. The number of aryl methyl sites for hydroxylation is 1. The third-order valence-corrected chi connectivity index (χ3v) is 5.85. The number of nitrogens with zero attached hydrogens (tertiary/aromatic N) is 3. The molecule has 3 rings (SSSR count). The van der Waals surface area contributed by atoms with E-state index in [0.29, 0.717) is 18.6 Å². The van der Waals surface area contributed by atoms with Gasteiger partial charge in [-0.2, -0.15) is 0 Å². The molecule has 0 bridgehead atoms. The molecule has 2 heterocycles. The molecule has 6 heteroatoms. The molecule has 2 unspecified atom stereocenters. The van der Waals surface area contributed by atoms with E-state index in [4.69, 9.17) is 9.73 Å². The predicted molar refractivity (Wildman–Crippen MR) is 112 cm³/mol. The van der Waals surface area contributed by atoms with Crippen molar-refractivity contribution in [2.75, 3.05) is 12.9 Å². The normalized spacial score (nSPS) is 22.9. The Kier molecular flexibility index (Phi) is 6.74. The molecular weight excluding hydrogens is 358 g/mol. The molecule has 1 aliphatic carbocycles. The van der Waals surface area contributed by atoms with Crippen LogP contribution in [-0.2, 0) is 16.0 Å². The molecule has 5 nitrogen and oxygen atoms in total. The lowest BCUT2D eigenvalue weighted by molar-refractivity contribution is -0.119. The number of methoxy groups -OCH3 is 1. The van der Waals surface area contributed by atoms with E-state index in [9.17, 15) is 4.79 Å². The van der Waals surface area contributed by atoms with Crippen molar-refractivity contribution in [3.05, 3.63) is 53.5 Å². The number of Topliss-reactive ketones (excluding diaryl/α,β-unsaturated/α-hetero) is 1. The molecule has 2 atom stereocenters. The molecule has 0 N–H and O–H groups in total. The van der Waals surface area contributed by atoms with Crippen LogP contribution >= 0.6 is 11.8 Å². The van der Waals surface area contributed by atoms with Gasteiger partial charge in [0.05, 0.1) is 17.5 Å². The first-order valence-corrected chi connectivity index (χ1v) is 10.1. The van der Waals surface area contributed by atoms with Gasteiger partial charge in [0.2, 0.25) is 0 Å². The zero-order chi connectivity index (χ0) is 19.2. The van der Waals surface area contributed by atoms with E-state index in [0.717, 1.165) is 34.0 Å². The van der Waals surface area contributed by atoms with Gasteiger partial charge in [-0.1, -0.05) is 18.2 Å². The average molecular weight is 384 g/mol. The first-order valence-electron chi connectivity index (χ1n) is 9.16. The lowest BCUT2D eigenvalue weighted by Crippen LogP contribution is -2.19. The molecule has 1 aromatic rings. The van der Waals surface area contributed by atoms with E-state index in [-0.39, 0.29) is 17.9 Å². The Balaban J connectivity index is 1.60. The highest BCUT2D eigenvalue weighted by atomic mass is 32.2. The standard InChI is InChI=1S/C21H25N3O2S/c1-14-11-17(26-3)7-8-18(14)23-15(2)21-24-19(13-27-21)20(25)9-6-16-5-4-10-22-12-16/h4-5,8,10-12,17,19H,6-7,9,13H2,1-3H3/b23-15+. The van der Waals surface area contributed by atoms with E-state index in [2.05, 4.69) is 22.1 Å². The summed E-state index contributed by atoms with van der Waals surface area (Å²) in [5.41, 5.74) is 4.03. The molecule has 0 radical (unpaired) electrons. The third kappa shape index (κ3) is 5.23. The summed E-state index contributed by atoms with van der Waals surface area (Å²) >= 11 is 1.62. The Labute approximate surface area is 164 Å². The average Bonchev–Trinajstić information content (AvgIpc) is 3.19. The molecule has 0 aromatic carbocycles. The van der Waals surface area contributed by atoms with Gasteiger partial charge < -0.3 is 4.74 Å². The maximum absolute atomic E-state index is 12.5. The molecular formula is C21H25N3O2S. The SMILES string of the molecule is COC1C=C(C)C(/N=C(\C)C2=NC(C(=O)CCc3cccnc3)CS2)=CC1. The van der Waals surface area contributed by atoms with Crippen molar-refractivity contribution in [2.24, 2.45) is 9.98 Å². The Hall–Kier alpha value is -2.05. The molecule has 1 aromatic heterocycles. The zero-order valence-corrected chi connectivity index (χ0v) is 16.8. The molecule has 2 aliphatic rings. The van der Waals surface area contributed by atoms with E-state index in [1.54, 1.807) is 25.1 Å². The third-order valence-electron chi connectivity index (χ3n) is 4.69. The minimum absolute atomic E-state index is 0.129. The molecule has 0 fully saturated rings. The summed E-state index contributed by atoms with van der Waals surface area (Å²) < 4.78 is 5.37. The van der Waals surface area contributed by atoms with Gasteiger partial charge in [0.15, 0.2) is 5.78 Å². The monoisotopic (exact) mass is 383 g/mol. The number of aliphatic imine (C=N–C) groups is 2. The maximum Gasteiger partial charge on any atom is 0.158 e. The Morgan fingerprint density at radius 1 is 1.44 bits per heavy atom. The number of carbonyl (C=O) groups excluding carboxylic acids is 1. The summed E-state index contributed by atoms with van der Waals surface area (Å²) in [6.07, 6.45) is 9.91. The van der Waals surface area contributed by atoms with Crippen LogP contribution < -0.4 is 0 Å². The summed E-state index contributed by atoms with van der Waals surface area (Å²) in [6.45, 7) is 4.01. The van der Waals surface area contributed by atoms with Crippen molar-refractivity contribution in [1.82, 2.24) is 4.98 Å². The van der Waals surface area contributed by atoms with Gasteiger partial charge in [0.1, 0.15) is 11.1 Å². The van der Waals surface area contributed by atoms with Gasteiger partial charge in [0.25, 0.3) is 0 Å². The van der Waals surface area contributed by atoms with Crippen LogP contribution in [0.1, 0.15) is 32.3 Å². The minimum Gasteiger partial charge on any atom is -0.377 e. The number of ketones is 1. The summed E-state index contributed by atoms with van der Waals surface area (Å²) in [5, 5.41) is 0.872. The van der Waals surface area contributed by atoms with E-state index in [1.807, 2.05) is 32.2 Å². The van der Waals surface area contributed by atoms with Crippen LogP contribution in [0.25, 0.3) is 0 Å². The van der Waals surface area contributed by atoms with Gasteiger partial charge in [-0.05, 0) is 43.9 Å². The van der Waals surface area contributed by atoms with Crippen LogP contribution in [0.5, 0.6) is 0 Å². The van der Waals surface area contributed by atoms with Crippen molar-refractivity contribution in [3.8, 4) is 0 Å². The molecule has 142 valence electrons. The number of rotatable bonds is 7. The van der Waals surface area contributed by atoms with Crippen LogP contribution in [0.15, 0.2) is 57.9 Å². The lowest BCUT2D eigenvalue weighted by Gasteiger charge is -2.16. The zero-order valence-electron chi connectivity index (χ0n) is 16.0. The van der Waals surface area contributed by atoms with E-state index in [1.165, 1.54) is 0 Å². The lowest BCUT2D eigenvalue weighted by atomic mass is 10.0. The molecule has 27 heavy (non-hydrogen) atoms. The predicted octanol–water partition coefficient (Wildman–Crippen LogP) is 3.81. The molecule has 0 saturated heterocycles. The van der Waals surface area contributed by atoms with E-state index < -0.39 is 0 Å². The van der Waals surface area contributed by atoms with Gasteiger partial charge in [0, 0.05) is 31.7 Å². The number of ether oxygens (including phenoxy) is 1. The van der Waals surface area contributed by atoms with Crippen LogP contribution in [0.2, 0.25) is 0 Å². The second-order valence-corrected chi connectivity index (χ2v) is 7.74. The summed E-state index contributed by atoms with van der Waals surface area (Å²) in [4.78, 5) is 25.9. The number of aromatic nitrogens is 1. The Morgan fingerprint density at radius 3 is 3.00 bits per heavy atom. The van der Waals surface area contributed by atoms with Crippen molar-refractivity contribution in [2.45, 2.75) is 45.3 Å². The second-order valence-electron chi connectivity index (χ2n) is 6.73.